The van der Waals surface area contributed by atoms with Crippen molar-refractivity contribution in [3.63, 3.8) is 0 Å². The normalized spacial score (nSPS) is 14.3. The molecule has 0 bridgehead atoms. The summed E-state index contributed by atoms with van der Waals surface area (Å²) in [6.07, 6.45) is 8.10. The number of nitrogens with zero attached hydrogens (tertiary/aromatic N) is 6. The Hall–Kier alpha value is -2.65. The highest BCUT2D eigenvalue weighted by Crippen LogP contribution is 2.26. The molecule has 0 spiro atoms. The van der Waals surface area contributed by atoms with Crippen molar-refractivity contribution in [1.82, 2.24) is 29.9 Å². The fourth-order valence-corrected chi connectivity index (χ4v) is 2.97. The molecule has 0 atom stereocenters. The second-order valence-electron chi connectivity index (χ2n) is 6.05. The van der Waals surface area contributed by atoms with Gasteiger partial charge in [0.1, 0.15) is 6.33 Å². The molecular weight excluding hydrogens is 410 g/mol. The van der Waals surface area contributed by atoms with Crippen LogP contribution in [0.1, 0.15) is 6.92 Å². The Morgan fingerprint density at radius 2 is 2.22 bits per heavy atom. The summed E-state index contributed by atoms with van der Waals surface area (Å²) < 4.78 is 2.84. The number of rotatable bonds is 4. The van der Waals surface area contributed by atoms with Gasteiger partial charge in [-0.2, -0.15) is 0 Å². The van der Waals surface area contributed by atoms with Crippen LogP contribution < -0.4 is 10.2 Å². The zero-order valence-corrected chi connectivity index (χ0v) is 16.7. The molecule has 1 N–H and O–H groups in total. The Morgan fingerprint density at radius 1 is 1.44 bits per heavy atom. The molecule has 1 aliphatic heterocycles. The molecule has 0 unspecified atom stereocenters. The summed E-state index contributed by atoms with van der Waals surface area (Å²) in [5, 5.41) is 11.5. The van der Waals surface area contributed by atoms with E-state index in [2.05, 4.69) is 52.9 Å². The van der Waals surface area contributed by atoms with Gasteiger partial charge in [-0.3, -0.25) is 9.20 Å². The van der Waals surface area contributed by atoms with Crippen LogP contribution >= 0.6 is 15.9 Å². The topological polar surface area (TPSA) is 88.3 Å². The number of pyridine rings is 1. The van der Waals surface area contributed by atoms with E-state index in [0.29, 0.717) is 11.7 Å². The van der Waals surface area contributed by atoms with Crippen LogP contribution in [0.4, 0.5) is 5.82 Å². The van der Waals surface area contributed by atoms with Gasteiger partial charge in [-0.05, 0) is 42.0 Å². The lowest BCUT2D eigenvalue weighted by Gasteiger charge is -2.39. The second-order valence-corrected chi connectivity index (χ2v) is 6.97. The first kappa shape index (κ1) is 19.1. The Balaban J connectivity index is 0.000000260. The average Bonchev–Trinajstić information content (AvgIpc) is 3.10. The SMILES string of the molecule is C=C/C=C\C(C)=O.CNC1CN(c2nc3ncc(Br)cc3n3cnnc23)C1. The third kappa shape index (κ3) is 4.20. The maximum absolute atomic E-state index is 10.1. The number of carbonyl (C=O) groups excluding carboxylic acids is 1. The standard InChI is InChI=1S/C12H12BrN7.C6H8O/c1-14-8-4-19(5-8)11-12-18-16-6-20(12)9-2-7(13)3-15-10(9)17-11;1-3-4-5-6(2)7/h2-3,6,8,14H,4-5H2,1H3;3-5H,1H2,2H3/b;5-4-. The van der Waals surface area contributed by atoms with Gasteiger partial charge in [0.2, 0.25) is 5.65 Å². The van der Waals surface area contributed by atoms with E-state index in [1.165, 1.54) is 13.0 Å². The Labute approximate surface area is 165 Å². The molecule has 1 fully saturated rings. The van der Waals surface area contributed by atoms with E-state index in [-0.39, 0.29) is 5.78 Å². The van der Waals surface area contributed by atoms with Gasteiger partial charge in [0.25, 0.3) is 0 Å². The van der Waals surface area contributed by atoms with E-state index >= 15 is 0 Å². The lowest BCUT2D eigenvalue weighted by atomic mass is 10.1. The van der Waals surface area contributed by atoms with E-state index in [1.54, 1.807) is 24.7 Å². The number of halogens is 1. The van der Waals surface area contributed by atoms with Crippen molar-refractivity contribution in [2.75, 3.05) is 25.0 Å². The fourth-order valence-electron chi connectivity index (χ4n) is 2.65. The molecule has 4 rings (SSSR count). The van der Waals surface area contributed by atoms with Gasteiger partial charge >= 0.3 is 0 Å². The summed E-state index contributed by atoms with van der Waals surface area (Å²) in [4.78, 5) is 21.3. The maximum Gasteiger partial charge on any atom is 0.204 e. The lowest BCUT2D eigenvalue weighted by molar-refractivity contribution is -0.112. The van der Waals surface area contributed by atoms with Crippen molar-refractivity contribution in [3.05, 3.63) is 47.9 Å². The minimum atomic E-state index is 0.0555. The molecule has 3 aromatic rings. The summed E-state index contributed by atoms with van der Waals surface area (Å²) in [5.41, 5.74) is 2.36. The monoisotopic (exact) mass is 429 g/mol. The van der Waals surface area contributed by atoms with E-state index in [1.807, 2.05) is 17.5 Å². The molecule has 8 nitrogen and oxygen atoms in total. The number of allylic oxidation sites excluding steroid dienone is 3. The predicted octanol–water partition coefficient (Wildman–Crippen LogP) is 2.16. The van der Waals surface area contributed by atoms with Gasteiger partial charge in [0.15, 0.2) is 17.2 Å². The van der Waals surface area contributed by atoms with Crippen LogP contribution in [-0.2, 0) is 4.79 Å². The number of fused-ring (bicyclic) bond motifs is 3. The third-order valence-corrected chi connectivity index (χ3v) is 4.52. The fraction of sp³-hybridized carbons (Fsp3) is 0.278. The molecule has 0 amide bonds. The molecule has 140 valence electrons. The van der Waals surface area contributed by atoms with Gasteiger partial charge in [0.05, 0.1) is 5.52 Å². The van der Waals surface area contributed by atoms with Crippen molar-refractivity contribution < 1.29 is 4.79 Å². The molecule has 0 aliphatic carbocycles. The highest BCUT2D eigenvalue weighted by molar-refractivity contribution is 9.10. The summed E-state index contributed by atoms with van der Waals surface area (Å²) >= 11 is 3.43. The highest BCUT2D eigenvalue weighted by atomic mass is 79.9. The zero-order valence-electron chi connectivity index (χ0n) is 15.1. The number of anilines is 1. The average molecular weight is 430 g/mol. The molecule has 0 aromatic carbocycles. The Kier molecular flexibility index (Phi) is 5.92. The van der Waals surface area contributed by atoms with Gasteiger partial charge in [-0.1, -0.05) is 18.7 Å². The van der Waals surface area contributed by atoms with Gasteiger partial charge in [0, 0.05) is 29.8 Å². The highest BCUT2D eigenvalue weighted by Gasteiger charge is 2.29. The van der Waals surface area contributed by atoms with Crippen molar-refractivity contribution in [3.8, 4) is 0 Å². The van der Waals surface area contributed by atoms with E-state index in [4.69, 9.17) is 0 Å². The van der Waals surface area contributed by atoms with E-state index in [0.717, 1.165) is 34.5 Å². The minimum Gasteiger partial charge on any atom is -0.350 e. The molecule has 27 heavy (non-hydrogen) atoms. The molecule has 9 heteroatoms. The Morgan fingerprint density at radius 3 is 2.85 bits per heavy atom. The van der Waals surface area contributed by atoms with Crippen LogP contribution in [-0.4, -0.2) is 56.5 Å². The molecule has 4 heterocycles. The molecule has 1 aliphatic rings. The Bertz CT molecular complexity index is 1010. The molecule has 0 saturated carbocycles. The molecule has 3 aromatic heterocycles. The number of hydrogen-bond acceptors (Lipinski definition) is 7. The van der Waals surface area contributed by atoms with Crippen LogP contribution in [0.15, 0.2) is 47.9 Å². The second kappa shape index (κ2) is 8.36. The zero-order chi connectivity index (χ0) is 19.4. The first-order chi connectivity index (χ1) is 13.0. The maximum atomic E-state index is 10.1. The largest absolute Gasteiger partial charge is 0.350 e. The van der Waals surface area contributed by atoms with Crippen LogP contribution in [0.25, 0.3) is 16.8 Å². The number of nitrogens with one attached hydrogen (secondary N) is 1. The number of aromatic nitrogens is 5. The quantitative estimate of drug-likeness (QED) is 0.501. The van der Waals surface area contributed by atoms with Gasteiger partial charge in [-0.15, -0.1) is 10.2 Å². The first-order valence-corrected chi connectivity index (χ1v) is 9.19. The van der Waals surface area contributed by atoms with Crippen molar-refractivity contribution in [2.24, 2.45) is 0 Å². The molecule has 0 radical (unpaired) electrons. The first-order valence-electron chi connectivity index (χ1n) is 8.40. The number of ketones is 1. The van der Waals surface area contributed by atoms with Crippen LogP contribution in [0.3, 0.4) is 0 Å². The summed E-state index contributed by atoms with van der Waals surface area (Å²) in [6, 6.07) is 2.48. The van der Waals surface area contributed by atoms with Gasteiger partial charge in [-0.25, -0.2) is 9.97 Å². The number of likely N-dealkylation sites (N-methyl/N-ethyl adjacent to an activating group) is 1. The number of carbonyl (C=O) groups is 1. The van der Waals surface area contributed by atoms with Crippen molar-refractivity contribution in [1.29, 1.82) is 0 Å². The molecule has 1 saturated heterocycles. The summed E-state index contributed by atoms with van der Waals surface area (Å²) in [6.45, 7) is 6.74. The lowest BCUT2D eigenvalue weighted by Crippen LogP contribution is -2.57. The smallest absolute Gasteiger partial charge is 0.204 e. The third-order valence-electron chi connectivity index (χ3n) is 4.09. The van der Waals surface area contributed by atoms with Gasteiger partial charge < -0.3 is 10.2 Å². The summed E-state index contributed by atoms with van der Waals surface area (Å²) in [7, 11) is 1.97. The van der Waals surface area contributed by atoms with E-state index in [9.17, 15) is 4.79 Å². The van der Waals surface area contributed by atoms with Crippen LogP contribution in [0.2, 0.25) is 0 Å². The molecular formula is C18H20BrN7O. The summed E-state index contributed by atoms with van der Waals surface area (Å²) in [5.74, 6) is 0.899. The van der Waals surface area contributed by atoms with E-state index < -0.39 is 0 Å². The van der Waals surface area contributed by atoms with Crippen molar-refractivity contribution in [2.45, 2.75) is 13.0 Å². The number of hydrogen-bond donors (Lipinski definition) is 1. The van der Waals surface area contributed by atoms with Crippen LogP contribution in [0, 0.1) is 0 Å². The van der Waals surface area contributed by atoms with Crippen LogP contribution in [0.5, 0.6) is 0 Å². The predicted molar refractivity (Wildman–Crippen MR) is 109 cm³/mol. The minimum absolute atomic E-state index is 0.0555. The van der Waals surface area contributed by atoms with Crippen molar-refractivity contribution >= 4 is 44.3 Å².